The van der Waals surface area contributed by atoms with Gasteiger partial charge in [0.25, 0.3) is 0 Å². The van der Waals surface area contributed by atoms with Crippen LogP contribution >= 0.6 is 11.6 Å². The van der Waals surface area contributed by atoms with Crippen LogP contribution in [0.25, 0.3) is 10.8 Å². The summed E-state index contributed by atoms with van der Waals surface area (Å²) in [7, 11) is -3.92. The average Bonchev–Trinajstić information content (AvgIpc) is 3.35. The molecule has 3 aromatic rings. The summed E-state index contributed by atoms with van der Waals surface area (Å²) in [6.45, 7) is 1.78. The van der Waals surface area contributed by atoms with E-state index in [2.05, 4.69) is 16.9 Å². The zero-order valence-corrected chi connectivity index (χ0v) is 22.0. The van der Waals surface area contributed by atoms with Crippen molar-refractivity contribution in [2.75, 3.05) is 26.2 Å². The Hall–Kier alpha value is -2.94. The van der Waals surface area contributed by atoms with E-state index >= 15 is 0 Å². The van der Waals surface area contributed by atoms with Crippen LogP contribution in [0.1, 0.15) is 24.8 Å². The van der Waals surface area contributed by atoms with Gasteiger partial charge in [-0.15, -0.1) is 0 Å². The Kier molecular flexibility index (Phi) is 7.51. The summed E-state index contributed by atoms with van der Waals surface area (Å²) < 4.78 is 28.8. The van der Waals surface area contributed by atoms with E-state index in [0.717, 1.165) is 23.6 Å². The third-order valence-corrected chi connectivity index (χ3v) is 8.95. The molecule has 37 heavy (non-hydrogen) atoms. The molecule has 1 N–H and O–H groups in total. The summed E-state index contributed by atoms with van der Waals surface area (Å²) >= 11 is 6.02. The van der Waals surface area contributed by atoms with E-state index in [4.69, 9.17) is 11.6 Å². The average molecular weight is 540 g/mol. The largest absolute Gasteiger partial charge is 0.341 e. The second-order valence-electron chi connectivity index (χ2n) is 9.91. The van der Waals surface area contributed by atoms with Crippen molar-refractivity contribution in [1.82, 2.24) is 14.5 Å². The molecule has 1 unspecified atom stereocenters. The highest BCUT2D eigenvalue weighted by Gasteiger charge is 2.35. The number of halogens is 1. The van der Waals surface area contributed by atoms with E-state index in [-0.39, 0.29) is 23.3 Å². The third kappa shape index (κ3) is 5.98. The zero-order valence-electron chi connectivity index (χ0n) is 20.5. The molecule has 0 bridgehead atoms. The normalized spacial score (nSPS) is 20.5. The third-order valence-electron chi connectivity index (χ3n) is 7.24. The van der Waals surface area contributed by atoms with Crippen molar-refractivity contribution in [3.05, 3.63) is 77.3 Å². The van der Waals surface area contributed by atoms with Crippen molar-refractivity contribution >= 4 is 44.2 Å². The molecular weight excluding hydrogens is 510 g/mol. The minimum Gasteiger partial charge on any atom is -0.341 e. The number of sulfonamides is 1. The van der Waals surface area contributed by atoms with Gasteiger partial charge < -0.3 is 9.80 Å². The number of benzene rings is 3. The maximum atomic E-state index is 13.2. The molecular formula is C28H30ClN3O4S. The van der Waals surface area contributed by atoms with Crippen molar-refractivity contribution in [2.24, 2.45) is 5.92 Å². The van der Waals surface area contributed by atoms with Crippen LogP contribution in [0.5, 0.6) is 0 Å². The number of carbonyl (C=O) groups is 2. The van der Waals surface area contributed by atoms with Gasteiger partial charge in [0, 0.05) is 24.7 Å². The number of carbonyl (C=O) groups excluding carboxylic acids is 2. The molecule has 0 aromatic heterocycles. The van der Waals surface area contributed by atoms with Crippen LogP contribution in [0.3, 0.4) is 0 Å². The number of hydrogen-bond donors (Lipinski definition) is 1. The van der Waals surface area contributed by atoms with Gasteiger partial charge in [0.05, 0.1) is 11.4 Å². The van der Waals surface area contributed by atoms with Crippen molar-refractivity contribution in [3.63, 3.8) is 0 Å². The molecule has 7 nitrogen and oxygen atoms in total. The van der Waals surface area contributed by atoms with Crippen LogP contribution < -0.4 is 4.72 Å². The lowest BCUT2D eigenvalue weighted by Gasteiger charge is -2.33. The molecule has 0 aliphatic carbocycles. The summed E-state index contributed by atoms with van der Waals surface area (Å²) in [5.41, 5.74) is 1.26. The van der Waals surface area contributed by atoms with Crippen LogP contribution in [0.15, 0.2) is 71.6 Å². The summed E-state index contributed by atoms with van der Waals surface area (Å²) in [6.07, 6.45) is 2.89. The lowest BCUT2D eigenvalue weighted by molar-refractivity contribution is -0.142. The molecule has 2 fully saturated rings. The van der Waals surface area contributed by atoms with Crippen LogP contribution in [-0.4, -0.2) is 62.3 Å². The molecule has 0 saturated carbocycles. The summed E-state index contributed by atoms with van der Waals surface area (Å²) in [6, 6.07) is 19.4. The van der Waals surface area contributed by atoms with Crippen LogP contribution in [0, 0.1) is 5.92 Å². The molecule has 2 heterocycles. The number of fused-ring (bicyclic) bond motifs is 1. The highest BCUT2D eigenvalue weighted by Crippen LogP contribution is 2.24. The number of piperidine rings is 1. The Morgan fingerprint density at radius 3 is 2.54 bits per heavy atom. The highest BCUT2D eigenvalue weighted by atomic mass is 35.5. The first kappa shape index (κ1) is 25.7. The number of nitrogens with one attached hydrogen (secondary N) is 1. The Balaban J connectivity index is 1.19. The predicted octanol–water partition coefficient (Wildman–Crippen LogP) is 3.85. The molecule has 2 saturated heterocycles. The van der Waals surface area contributed by atoms with E-state index in [1.807, 2.05) is 23.1 Å². The molecule has 2 amide bonds. The topological polar surface area (TPSA) is 86.8 Å². The SMILES string of the molecule is O=C(CN1CCC[C@H](NS(=O)(=O)c2ccc3cc(Cl)ccc3c2)C1=O)N1CCC(Cc2ccccc2)C1. The van der Waals surface area contributed by atoms with Gasteiger partial charge >= 0.3 is 0 Å². The molecule has 2 atom stereocenters. The Morgan fingerprint density at radius 2 is 1.73 bits per heavy atom. The highest BCUT2D eigenvalue weighted by molar-refractivity contribution is 7.89. The second kappa shape index (κ2) is 10.8. The first-order valence-corrected chi connectivity index (χ1v) is 14.5. The number of amides is 2. The standard InChI is InChI=1S/C28H30ClN3O4S/c29-24-10-8-23-17-25(11-9-22(23)16-24)37(35,36)30-26-7-4-13-32(28(26)34)19-27(33)31-14-12-21(18-31)15-20-5-2-1-3-6-20/h1-3,5-6,8-11,16-17,21,26,30H,4,7,12-15,18-19H2/t21?,26-/m0/s1. The monoisotopic (exact) mass is 539 g/mol. The summed E-state index contributed by atoms with van der Waals surface area (Å²) in [5.74, 6) is -0.0302. The van der Waals surface area contributed by atoms with E-state index in [1.165, 1.54) is 16.5 Å². The van der Waals surface area contributed by atoms with Crippen LogP contribution in [-0.2, 0) is 26.0 Å². The smallest absolute Gasteiger partial charge is 0.242 e. The number of rotatable bonds is 7. The summed E-state index contributed by atoms with van der Waals surface area (Å²) in [5, 5.41) is 2.15. The minimum atomic E-state index is -3.92. The number of likely N-dealkylation sites (tertiary alicyclic amines) is 2. The Bertz CT molecular complexity index is 1410. The van der Waals surface area contributed by atoms with Crippen LogP contribution in [0.4, 0.5) is 0 Å². The van der Waals surface area contributed by atoms with Gasteiger partial charge in [0.1, 0.15) is 6.04 Å². The fraction of sp³-hybridized carbons (Fsp3) is 0.357. The fourth-order valence-corrected chi connectivity index (χ4v) is 6.70. The number of nitrogens with zero attached hydrogens (tertiary/aromatic N) is 2. The predicted molar refractivity (Wildman–Crippen MR) is 144 cm³/mol. The van der Waals surface area contributed by atoms with E-state index < -0.39 is 16.1 Å². The van der Waals surface area contributed by atoms with Crippen molar-refractivity contribution < 1.29 is 18.0 Å². The maximum absolute atomic E-state index is 13.2. The van der Waals surface area contributed by atoms with Gasteiger partial charge in [-0.1, -0.05) is 54.1 Å². The summed E-state index contributed by atoms with van der Waals surface area (Å²) in [4.78, 5) is 29.6. The van der Waals surface area contributed by atoms with Crippen molar-refractivity contribution in [2.45, 2.75) is 36.6 Å². The molecule has 9 heteroatoms. The Morgan fingerprint density at radius 1 is 0.973 bits per heavy atom. The first-order valence-electron chi connectivity index (χ1n) is 12.6. The van der Waals surface area contributed by atoms with Crippen LogP contribution in [0.2, 0.25) is 5.02 Å². The van der Waals surface area contributed by atoms with E-state index in [0.29, 0.717) is 43.4 Å². The van der Waals surface area contributed by atoms with Gasteiger partial charge in [0.2, 0.25) is 21.8 Å². The second-order valence-corrected chi connectivity index (χ2v) is 12.1. The van der Waals surface area contributed by atoms with Crippen molar-refractivity contribution in [1.29, 1.82) is 0 Å². The molecule has 0 spiro atoms. The Labute approximate surface area is 222 Å². The molecule has 5 rings (SSSR count). The molecule has 194 valence electrons. The molecule has 2 aliphatic rings. The zero-order chi connectivity index (χ0) is 26.0. The molecule has 3 aromatic carbocycles. The van der Waals surface area contributed by atoms with Gasteiger partial charge in [-0.3, -0.25) is 9.59 Å². The molecule has 2 aliphatic heterocycles. The minimum absolute atomic E-state index is 0.0220. The maximum Gasteiger partial charge on any atom is 0.242 e. The lowest BCUT2D eigenvalue weighted by Crippen LogP contribution is -2.54. The van der Waals surface area contributed by atoms with Gasteiger partial charge in [-0.2, -0.15) is 4.72 Å². The molecule has 0 radical (unpaired) electrons. The van der Waals surface area contributed by atoms with Gasteiger partial charge in [-0.25, -0.2) is 8.42 Å². The first-order chi connectivity index (χ1) is 17.8. The van der Waals surface area contributed by atoms with Gasteiger partial charge in [0.15, 0.2) is 0 Å². The van der Waals surface area contributed by atoms with E-state index in [9.17, 15) is 18.0 Å². The van der Waals surface area contributed by atoms with E-state index in [1.54, 1.807) is 30.3 Å². The van der Waals surface area contributed by atoms with Crippen molar-refractivity contribution in [3.8, 4) is 0 Å². The fourth-order valence-electron chi connectivity index (χ4n) is 5.26. The quantitative estimate of drug-likeness (QED) is 0.494. The van der Waals surface area contributed by atoms with Gasteiger partial charge in [-0.05, 0) is 72.2 Å². The number of hydrogen-bond acceptors (Lipinski definition) is 4. The lowest BCUT2D eigenvalue weighted by atomic mass is 9.99.